The highest BCUT2D eigenvalue weighted by Gasteiger charge is 2.47. The summed E-state index contributed by atoms with van der Waals surface area (Å²) in [4.78, 5) is 31.9. The summed E-state index contributed by atoms with van der Waals surface area (Å²) >= 11 is 0. The smallest absolute Gasteiger partial charge is 0.336 e. The average molecular weight is 419 g/mol. The van der Waals surface area contributed by atoms with Gasteiger partial charge in [0.1, 0.15) is 11.4 Å². The van der Waals surface area contributed by atoms with E-state index in [-0.39, 0.29) is 11.5 Å². The van der Waals surface area contributed by atoms with Crippen LogP contribution in [0.3, 0.4) is 0 Å². The number of benzene rings is 2. The molecular formula is C26H30N2O3. The third-order valence-electron chi connectivity index (χ3n) is 6.50. The van der Waals surface area contributed by atoms with Gasteiger partial charge < -0.3 is 5.11 Å². The van der Waals surface area contributed by atoms with Crippen molar-refractivity contribution in [1.82, 2.24) is 4.90 Å². The highest BCUT2D eigenvalue weighted by Crippen LogP contribution is 2.38. The second kappa shape index (κ2) is 9.04. The molecule has 0 unspecified atom stereocenters. The molecule has 1 saturated carbocycles. The molecule has 5 heteroatoms. The summed E-state index contributed by atoms with van der Waals surface area (Å²) in [5.41, 5.74) is 2.35. The van der Waals surface area contributed by atoms with Gasteiger partial charge >= 0.3 is 5.97 Å². The van der Waals surface area contributed by atoms with E-state index in [0.717, 1.165) is 61.9 Å². The number of amidine groups is 1. The molecule has 0 radical (unpaired) electrons. The third-order valence-corrected chi connectivity index (χ3v) is 6.50. The second-order valence-corrected chi connectivity index (χ2v) is 8.66. The molecule has 0 saturated heterocycles. The van der Waals surface area contributed by atoms with Crippen LogP contribution in [0.2, 0.25) is 0 Å². The Balaban J connectivity index is 1.56. The van der Waals surface area contributed by atoms with E-state index in [4.69, 9.17) is 4.99 Å². The predicted molar refractivity (Wildman–Crippen MR) is 122 cm³/mol. The van der Waals surface area contributed by atoms with Crippen molar-refractivity contribution < 1.29 is 14.7 Å². The Labute approximate surface area is 183 Å². The van der Waals surface area contributed by atoms with Crippen molar-refractivity contribution in [2.75, 3.05) is 0 Å². The van der Waals surface area contributed by atoms with Crippen LogP contribution in [-0.2, 0) is 11.3 Å². The van der Waals surface area contributed by atoms with Gasteiger partial charge in [-0.1, -0.05) is 75.1 Å². The Morgan fingerprint density at radius 1 is 1.06 bits per heavy atom. The lowest BCUT2D eigenvalue weighted by molar-refractivity contribution is -0.132. The second-order valence-electron chi connectivity index (χ2n) is 8.66. The molecule has 1 N–H and O–H groups in total. The van der Waals surface area contributed by atoms with E-state index < -0.39 is 11.5 Å². The lowest BCUT2D eigenvalue weighted by Gasteiger charge is -2.29. The van der Waals surface area contributed by atoms with Crippen molar-refractivity contribution in [2.24, 2.45) is 4.99 Å². The number of amides is 1. The summed E-state index contributed by atoms with van der Waals surface area (Å²) in [5, 5.41) is 9.46. The van der Waals surface area contributed by atoms with Crippen LogP contribution in [0.15, 0.2) is 53.5 Å². The first-order chi connectivity index (χ1) is 15.0. The Morgan fingerprint density at radius 3 is 2.45 bits per heavy atom. The largest absolute Gasteiger partial charge is 0.478 e. The van der Waals surface area contributed by atoms with Crippen LogP contribution in [0.25, 0.3) is 11.1 Å². The van der Waals surface area contributed by atoms with Gasteiger partial charge in [-0.25, -0.2) is 4.79 Å². The average Bonchev–Trinajstić information content (AvgIpc) is 3.04. The Bertz CT molecular complexity index is 988. The van der Waals surface area contributed by atoms with Crippen molar-refractivity contribution >= 4 is 17.7 Å². The molecule has 2 aromatic carbocycles. The van der Waals surface area contributed by atoms with Gasteiger partial charge in [0.25, 0.3) is 5.91 Å². The number of hydrogen-bond donors (Lipinski definition) is 1. The third kappa shape index (κ3) is 4.27. The van der Waals surface area contributed by atoms with Crippen LogP contribution < -0.4 is 0 Å². The number of aromatic carboxylic acids is 1. The lowest BCUT2D eigenvalue weighted by Crippen LogP contribution is -2.43. The Morgan fingerprint density at radius 2 is 1.77 bits per heavy atom. The van der Waals surface area contributed by atoms with Gasteiger partial charge in [0, 0.05) is 6.42 Å². The molecule has 0 atom stereocenters. The fourth-order valence-electron chi connectivity index (χ4n) is 4.77. The maximum absolute atomic E-state index is 13.4. The van der Waals surface area contributed by atoms with Crippen molar-refractivity contribution in [3.63, 3.8) is 0 Å². The van der Waals surface area contributed by atoms with Gasteiger partial charge in [-0.15, -0.1) is 0 Å². The van der Waals surface area contributed by atoms with Gasteiger partial charge in [0.2, 0.25) is 0 Å². The normalized spacial score (nSPS) is 17.8. The number of unbranched alkanes of at least 4 members (excludes halogenated alkanes) is 1. The Kier molecular flexibility index (Phi) is 6.21. The molecule has 31 heavy (non-hydrogen) atoms. The van der Waals surface area contributed by atoms with Crippen LogP contribution in [-0.4, -0.2) is 33.3 Å². The van der Waals surface area contributed by atoms with Crippen molar-refractivity contribution in [1.29, 1.82) is 0 Å². The van der Waals surface area contributed by atoms with Crippen LogP contribution in [0.5, 0.6) is 0 Å². The molecule has 1 heterocycles. The van der Waals surface area contributed by atoms with E-state index in [2.05, 4.69) is 6.92 Å². The summed E-state index contributed by atoms with van der Waals surface area (Å²) < 4.78 is 0. The maximum Gasteiger partial charge on any atom is 0.336 e. The number of carboxylic acids is 1. The minimum atomic E-state index is -0.933. The molecule has 1 spiro atoms. The van der Waals surface area contributed by atoms with E-state index in [0.29, 0.717) is 12.1 Å². The molecule has 2 aromatic rings. The monoisotopic (exact) mass is 418 g/mol. The van der Waals surface area contributed by atoms with Crippen LogP contribution in [0.4, 0.5) is 0 Å². The number of nitrogens with zero attached hydrogens (tertiary/aromatic N) is 2. The number of carboxylic acid groups (broad SMARTS) is 1. The van der Waals surface area contributed by atoms with E-state index in [1.165, 1.54) is 6.42 Å². The Hall–Kier alpha value is -2.95. The predicted octanol–water partition coefficient (Wildman–Crippen LogP) is 5.69. The summed E-state index contributed by atoms with van der Waals surface area (Å²) in [7, 11) is 0. The molecule has 1 amide bonds. The van der Waals surface area contributed by atoms with Gasteiger partial charge in [-0.2, -0.15) is 0 Å². The molecule has 5 nitrogen and oxygen atoms in total. The molecule has 4 rings (SSSR count). The lowest BCUT2D eigenvalue weighted by atomic mass is 9.82. The number of aliphatic imine (C=N–C) groups is 1. The fourth-order valence-corrected chi connectivity index (χ4v) is 4.77. The summed E-state index contributed by atoms with van der Waals surface area (Å²) in [6, 6.07) is 14.9. The van der Waals surface area contributed by atoms with Gasteiger partial charge in [0.15, 0.2) is 0 Å². The highest BCUT2D eigenvalue weighted by molar-refractivity contribution is 6.08. The van der Waals surface area contributed by atoms with Gasteiger partial charge in [0.05, 0.1) is 12.1 Å². The van der Waals surface area contributed by atoms with E-state index in [1.807, 2.05) is 41.3 Å². The first-order valence-electron chi connectivity index (χ1n) is 11.4. The van der Waals surface area contributed by atoms with Gasteiger partial charge in [-0.05, 0) is 42.0 Å². The van der Waals surface area contributed by atoms with Gasteiger partial charge in [-0.3, -0.25) is 14.7 Å². The molecular weight excluding hydrogens is 388 g/mol. The standard InChI is InChI=1S/C26H30N2O3/c1-2-3-11-23-27-26(16-7-4-8-17-26)25(31)28(23)18-19-12-14-20(15-13-19)21-9-5-6-10-22(21)24(29)30/h5-6,9-10,12-15H,2-4,7-8,11,16-18H2,1H3,(H,29,30). The SMILES string of the molecule is CCCCC1=NC2(CCCCC2)C(=O)N1Cc1ccc(-c2ccccc2C(=O)O)cc1. The summed E-state index contributed by atoms with van der Waals surface area (Å²) in [6.07, 6.45) is 8.01. The summed E-state index contributed by atoms with van der Waals surface area (Å²) in [6.45, 7) is 2.68. The molecule has 0 bridgehead atoms. The number of carbonyl (C=O) groups excluding carboxylic acids is 1. The van der Waals surface area contributed by atoms with Crippen LogP contribution in [0.1, 0.15) is 74.2 Å². The van der Waals surface area contributed by atoms with Crippen molar-refractivity contribution in [3.05, 3.63) is 59.7 Å². The maximum atomic E-state index is 13.4. The molecule has 1 aliphatic heterocycles. The van der Waals surface area contributed by atoms with Crippen molar-refractivity contribution in [2.45, 2.75) is 70.4 Å². The first-order valence-corrected chi connectivity index (χ1v) is 11.4. The minimum absolute atomic E-state index is 0.165. The number of carbonyl (C=O) groups is 2. The zero-order chi connectivity index (χ0) is 21.8. The van der Waals surface area contributed by atoms with E-state index in [9.17, 15) is 14.7 Å². The molecule has 162 valence electrons. The quantitative estimate of drug-likeness (QED) is 0.628. The fraction of sp³-hybridized carbons (Fsp3) is 0.423. The zero-order valence-electron chi connectivity index (χ0n) is 18.1. The number of hydrogen-bond acceptors (Lipinski definition) is 3. The van der Waals surface area contributed by atoms with Crippen LogP contribution >= 0.6 is 0 Å². The minimum Gasteiger partial charge on any atom is -0.478 e. The molecule has 2 aliphatic rings. The highest BCUT2D eigenvalue weighted by atomic mass is 16.4. The number of rotatable bonds is 7. The van der Waals surface area contributed by atoms with E-state index in [1.54, 1.807) is 12.1 Å². The molecule has 1 aliphatic carbocycles. The topological polar surface area (TPSA) is 70.0 Å². The molecule has 0 aromatic heterocycles. The first kappa shape index (κ1) is 21.3. The van der Waals surface area contributed by atoms with E-state index >= 15 is 0 Å². The summed E-state index contributed by atoms with van der Waals surface area (Å²) in [5.74, 6) is 0.171. The van der Waals surface area contributed by atoms with Crippen LogP contribution in [0, 0.1) is 0 Å². The van der Waals surface area contributed by atoms with Crippen molar-refractivity contribution in [3.8, 4) is 11.1 Å². The molecule has 1 fully saturated rings. The zero-order valence-corrected chi connectivity index (χ0v) is 18.1.